The minimum atomic E-state index is -0.0524. The van der Waals surface area contributed by atoms with E-state index in [1.165, 1.54) is 0 Å². The first-order valence-corrected chi connectivity index (χ1v) is 6.55. The maximum Gasteiger partial charge on any atom is 0.220 e. The zero-order valence-corrected chi connectivity index (χ0v) is 11.7. The van der Waals surface area contributed by atoms with E-state index < -0.39 is 0 Å². The van der Waals surface area contributed by atoms with Crippen LogP contribution < -0.4 is 5.73 Å². The Balaban J connectivity index is 2.78. The number of rotatable bonds is 3. The van der Waals surface area contributed by atoms with Crippen molar-refractivity contribution < 1.29 is 5.11 Å². The second-order valence-corrected chi connectivity index (χ2v) is 4.54. The van der Waals surface area contributed by atoms with Gasteiger partial charge in [0.15, 0.2) is 5.69 Å². The Hall–Kier alpha value is -1.95. The van der Waals surface area contributed by atoms with Crippen molar-refractivity contribution in [1.82, 2.24) is 4.57 Å². The first kappa shape index (κ1) is 13.5. The van der Waals surface area contributed by atoms with E-state index in [2.05, 4.69) is 29.4 Å². The van der Waals surface area contributed by atoms with E-state index in [-0.39, 0.29) is 11.0 Å². The number of fused-ring (bicyclic) bond motifs is 1. The monoisotopic (exact) mass is 276 g/mol. The second-order valence-electron chi connectivity index (χ2n) is 4.12. The normalized spacial score (nSPS) is 11.5. The average molecular weight is 276 g/mol. The minimum absolute atomic E-state index is 0.0524. The van der Waals surface area contributed by atoms with Gasteiger partial charge in [-0.25, -0.2) is 0 Å². The lowest BCUT2D eigenvalue weighted by Gasteiger charge is -2.06. The highest BCUT2D eigenvalue weighted by Gasteiger charge is 2.17. The molecule has 1 aromatic heterocycles. The van der Waals surface area contributed by atoms with Crippen LogP contribution in [-0.4, -0.2) is 14.8 Å². The highest BCUT2D eigenvalue weighted by molar-refractivity contribution is 7.80. The predicted octanol–water partition coefficient (Wildman–Crippen LogP) is 3.26. The third kappa shape index (κ3) is 2.31. The van der Waals surface area contributed by atoms with Crippen molar-refractivity contribution in [2.45, 2.75) is 26.8 Å². The highest BCUT2D eigenvalue weighted by Crippen LogP contribution is 2.40. The molecule has 3 N–H and O–H groups in total. The molecule has 0 spiro atoms. The van der Waals surface area contributed by atoms with E-state index in [4.69, 9.17) is 5.73 Å². The minimum Gasteiger partial charge on any atom is -0.493 e. The summed E-state index contributed by atoms with van der Waals surface area (Å²) >= 11 is 4.67. The van der Waals surface area contributed by atoms with E-state index in [1.807, 2.05) is 29.7 Å². The molecule has 2 rings (SSSR count). The van der Waals surface area contributed by atoms with Gasteiger partial charge in [0.05, 0.1) is 5.52 Å². The molecule has 0 aliphatic carbocycles. The van der Waals surface area contributed by atoms with Gasteiger partial charge in [-0.3, -0.25) is 0 Å². The molecular formula is C13H16N4OS. The number of thiocarbonyl (C=S) groups is 1. The third-order valence-electron chi connectivity index (χ3n) is 3.06. The van der Waals surface area contributed by atoms with Crippen LogP contribution in [0.2, 0.25) is 0 Å². The highest BCUT2D eigenvalue weighted by atomic mass is 32.1. The quantitative estimate of drug-likeness (QED) is 0.667. The molecule has 100 valence electrons. The molecular weight excluding hydrogens is 260 g/mol. The van der Waals surface area contributed by atoms with Crippen LogP contribution in [0.3, 0.4) is 0 Å². The molecule has 0 amide bonds. The topological polar surface area (TPSA) is 75.9 Å². The van der Waals surface area contributed by atoms with Crippen LogP contribution in [0.4, 0.5) is 5.69 Å². The number of azo groups is 1. The Bertz CT molecular complexity index is 660. The molecule has 1 aromatic carbocycles. The first-order chi connectivity index (χ1) is 9.10. The fraction of sp³-hybridized carbons (Fsp3) is 0.308. The van der Waals surface area contributed by atoms with Gasteiger partial charge in [0.1, 0.15) is 0 Å². The standard InChI is InChI=1S/C13H16N4OS/c1-3-8-6-5-7-9-10(15-16-13(14)19)12(18)17(4-2)11(8)9/h5-7,18H,3-4H2,1-2H3,(H2,14,19). The summed E-state index contributed by atoms with van der Waals surface area (Å²) in [7, 11) is 0. The van der Waals surface area contributed by atoms with E-state index in [0.29, 0.717) is 12.2 Å². The Morgan fingerprint density at radius 3 is 2.74 bits per heavy atom. The van der Waals surface area contributed by atoms with Gasteiger partial charge in [-0.15, -0.1) is 10.2 Å². The lowest BCUT2D eigenvalue weighted by atomic mass is 10.1. The number of aryl methyl sites for hydroxylation is 2. The number of para-hydroxylation sites is 1. The molecule has 0 saturated carbocycles. The van der Waals surface area contributed by atoms with Crippen LogP contribution in [-0.2, 0) is 13.0 Å². The van der Waals surface area contributed by atoms with E-state index in [9.17, 15) is 5.11 Å². The summed E-state index contributed by atoms with van der Waals surface area (Å²) in [4.78, 5) is 0. The van der Waals surface area contributed by atoms with Crippen molar-refractivity contribution in [3.8, 4) is 5.88 Å². The molecule has 0 atom stereocenters. The molecule has 0 bridgehead atoms. The second kappa shape index (κ2) is 5.36. The summed E-state index contributed by atoms with van der Waals surface area (Å²) < 4.78 is 1.82. The average Bonchev–Trinajstić information content (AvgIpc) is 2.67. The summed E-state index contributed by atoms with van der Waals surface area (Å²) in [6.07, 6.45) is 0.882. The number of nitrogens with two attached hydrogens (primary N) is 1. The fourth-order valence-electron chi connectivity index (χ4n) is 2.25. The van der Waals surface area contributed by atoms with Gasteiger partial charge >= 0.3 is 0 Å². The fourth-order valence-corrected chi connectivity index (χ4v) is 2.29. The summed E-state index contributed by atoms with van der Waals surface area (Å²) in [6, 6.07) is 5.90. The lowest BCUT2D eigenvalue weighted by Crippen LogP contribution is -2.01. The Kier molecular flexibility index (Phi) is 3.80. The number of benzene rings is 1. The van der Waals surface area contributed by atoms with Crippen molar-refractivity contribution in [2.24, 2.45) is 16.0 Å². The zero-order valence-electron chi connectivity index (χ0n) is 10.9. The van der Waals surface area contributed by atoms with Gasteiger partial charge < -0.3 is 15.4 Å². The molecule has 0 fully saturated rings. The molecule has 2 aromatic rings. The van der Waals surface area contributed by atoms with Crippen molar-refractivity contribution in [2.75, 3.05) is 0 Å². The molecule has 5 nitrogen and oxygen atoms in total. The molecule has 6 heteroatoms. The summed E-state index contributed by atoms with van der Waals surface area (Å²) in [5.74, 6) is 0.0957. The van der Waals surface area contributed by atoms with Crippen molar-refractivity contribution in [1.29, 1.82) is 0 Å². The lowest BCUT2D eigenvalue weighted by molar-refractivity contribution is 0.426. The molecule has 0 unspecified atom stereocenters. The molecule has 1 heterocycles. The van der Waals surface area contributed by atoms with Crippen LogP contribution in [0.15, 0.2) is 28.4 Å². The Morgan fingerprint density at radius 2 is 2.16 bits per heavy atom. The summed E-state index contributed by atoms with van der Waals surface area (Å²) in [5.41, 5.74) is 7.88. The largest absolute Gasteiger partial charge is 0.493 e. The number of hydrogen-bond donors (Lipinski definition) is 2. The van der Waals surface area contributed by atoms with Gasteiger partial charge in [-0.2, -0.15) is 0 Å². The molecule has 0 radical (unpaired) electrons. The van der Waals surface area contributed by atoms with Gasteiger partial charge in [-0.1, -0.05) is 25.1 Å². The molecule has 0 aliphatic rings. The van der Waals surface area contributed by atoms with Gasteiger partial charge in [0.25, 0.3) is 0 Å². The van der Waals surface area contributed by atoms with Crippen LogP contribution in [0.1, 0.15) is 19.4 Å². The summed E-state index contributed by atoms with van der Waals surface area (Å²) in [6.45, 7) is 4.71. The van der Waals surface area contributed by atoms with Crippen LogP contribution >= 0.6 is 12.2 Å². The number of nitrogens with zero attached hydrogens (tertiary/aromatic N) is 3. The van der Waals surface area contributed by atoms with Gasteiger partial charge in [0, 0.05) is 11.9 Å². The van der Waals surface area contributed by atoms with Crippen LogP contribution in [0, 0.1) is 0 Å². The van der Waals surface area contributed by atoms with Crippen molar-refractivity contribution >= 4 is 33.9 Å². The van der Waals surface area contributed by atoms with Crippen LogP contribution in [0.5, 0.6) is 5.88 Å². The maximum atomic E-state index is 10.3. The van der Waals surface area contributed by atoms with E-state index >= 15 is 0 Å². The van der Waals surface area contributed by atoms with E-state index in [0.717, 1.165) is 22.9 Å². The smallest absolute Gasteiger partial charge is 0.220 e. The van der Waals surface area contributed by atoms with Crippen LogP contribution in [0.25, 0.3) is 10.9 Å². The zero-order chi connectivity index (χ0) is 14.0. The molecule has 0 saturated heterocycles. The SMILES string of the molecule is CCc1cccc2c(N=NC(N)=S)c(O)n(CC)c12. The molecule has 19 heavy (non-hydrogen) atoms. The maximum absolute atomic E-state index is 10.3. The summed E-state index contributed by atoms with van der Waals surface area (Å²) in [5, 5.41) is 18.7. The Labute approximate surface area is 116 Å². The molecule has 0 aliphatic heterocycles. The Morgan fingerprint density at radius 1 is 1.42 bits per heavy atom. The number of aromatic hydroxyl groups is 1. The third-order valence-corrected chi connectivity index (χ3v) is 3.14. The van der Waals surface area contributed by atoms with Crippen molar-refractivity contribution in [3.63, 3.8) is 0 Å². The van der Waals surface area contributed by atoms with E-state index in [1.54, 1.807) is 0 Å². The van der Waals surface area contributed by atoms with Gasteiger partial charge in [-0.05, 0) is 31.1 Å². The first-order valence-electron chi connectivity index (χ1n) is 6.14. The number of aromatic nitrogens is 1. The van der Waals surface area contributed by atoms with Crippen molar-refractivity contribution in [3.05, 3.63) is 23.8 Å². The van der Waals surface area contributed by atoms with Gasteiger partial charge in [0.2, 0.25) is 11.0 Å². The number of hydrogen-bond acceptors (Lipinski definition) is 3. The predicted molar refractivity (Wildman–Crippen MR) is 80.0 cm³/mol.